The minimum absolute atomic E-state index is 0.494. The topological polar surface area (TPSA) is 31.4 Å². The van der Waals surface area contributed by atoms with Gasteiger partial charge in [0.25, 0.3) is 0 Å². The van der Waals surface area contributed by atoms with Crippen molar-refractivity contribution >= 4 is 10.9 Å². The maximum atomic E-state index is 5.83. The average Bonchev–Trinajstić information content (AvgIpc) is 2.59. The standard InChI is InChI=1S/C19H19NO2/c1-2-15-7-3-4-10-17(15)21-13-14-22-18-11-5-8-16-9-6-12-20-19(16)18/h3-12H,2,13-14H2,1H3. The number of para-hydroxylation sites is 2. The van der Waals surface area contributed by atoms with Gasteiger partial charge in [0.15, 0.2) is 0 Å². The lowest BCUT2D eigenvalue weighted by molar-refractivity contribution is 0.217. The van der Waals surface area contributed by atoms with Crippen LogP contribution < -0.4 is 9.47 Å². The third-order valence-electron chi connectivity index (χ3n) is 3.55. The Bertz CT molecular complexity index is 750. The fourth-order valence-corrected chi connectivity index (χ4v) is 2.43. The highest BCUT2D eigenvalue weighted by Gasteiger charge is 2.04. The summed E-state index contributed by atoms with van der Waals surface area (Å²) in [6.45, 7) is 3.13. The fourth-order valence-electron chi connectivity index (χ4n) is 2.43. The molecule has 0 saturated heterocycles. The highest BCUT2D eigenvalue weighted by molar-refractivity contribution is 5.84. The van der Waals surface area contributed by atoms with Gasteiger partial charge in [-0.05, 0) is 30.2 Å². The molecule has 0 unspecified atom stereocenters. The zero-order chi connectivity index (χ0) is 15.2. The van der Waals surface area contributed by atoms with Crippen molar-refractivity contribution in [2.45, 2.75) is 13.3 Å². The summed E-state index contributed by atoms with van der Waals surface area (Å²) in [5.41, 5.74) is 2.10. The van der Waals surface area contributed by atoms with Crippen LogP contribution in [0.3, 0.4) is 0 Å². The maximum Gasteiger partial charge on any atom is 0.145 e. The van der Waals surface area contributed by atoms with E-state index in [-0.39, 0.29) is 0 Å². The van der Waals surface area contributed by atoms with Crippen molar-refractivity contribution in [1.29, 1.82) is 0 Å². The van der Waals surface area contributed by atoms with Gasteiger partial charge in [-0.3, -0.25) is 4.98 Å². The van der Waals surface area contributed by atoms with Crippen molar-refractivity contribution in [3.63, 3.8) is 0 Å². The molecule has 0 bridgehead atoms. The minimum Gasteiger partial charge on any atom is -0.490 e. The van der Waals surface area contributed by atoms with Crippen molar-refractivity contribution in [3.8, 4) is 11.5 Å². The molecule has 3 rings (SSSR count). The average molecular weight is 293 g/mol. The molecule has 0 radical (unpaired) electrons. The Labute approximate surface area is 130 Å². The van der Waals surface area contributed by atoms with Crippen LogP contribution in [0.25, 0.3) is 10.9 Å². The van der Waals surface area contributed by atoms with Gasteiger partial charge in [-0.25, -0.2) is 0 Å². The van der Waals surface area contributed by atoms with Crippen LogP contribution in [0.4, 0.5) is 0 Å². The summed E-state index contributed by atoms with van der Waals surface area (Å²) in [5.74, 6) is 1.73. The van der Waals surface area contributed by atoms with Crippen LogP contribution in [0.1, 0.15) is 12.5 Å². The van der Waals surface area contributed by atoms with Gasteiger partial charge in [0.1, 0.15) is 30.2 Å². The molecule has 3 nitrogen and oxygen atoms in total. The molecule has 0 spiro atoms. The van der Waals surface area contributed by atoms with Gasteiger partial charge in [0.2, 0.25) is 0 Å². The Hall–Kier alpha value is -2.55. The van der Waals surface area contributed by atoms with Crippen LogP contribution in [-0.2, 0) is 6.42 Å². The third kappa shape index (κ3) is 3.19. The van der Waals surface area contributed by atoms with Gasteiger partial charge >= 0.3 is 0 Å². The summed E-state index contributed by atoms with van der Waals surface area (Å²) in [6, 6.07) is 18.0. The number of hydrogen-bond acceptors (Lipinski definition) is 3. The Morgan fingerprint density at radius 3 is 2.41 bits per heavy atom. The summed E-state index contributed by atoms with van der Waals surface area (Å²) in [4.78, 5) is 4.38. The summed E-state index contributed by atoms with van der Waals surface area (Å²) < 4.78 is 11.6. The fraction of sp³-hybridized carbons (Fsp3) is 0.211. The Morgan fingerprint density at radius 1 is 0.818 bits per heavy atom. The molecule has 0 amide bonds. The van der Waals surface area contributed by atoms with E-state index in [0.717, 1.165) is 28.8 Å². The predicted molar refractivity (Wildman–Crippen MR) is 88.6 cm³/mol. The number of nitrogens with zero attached hydrogens (tertiary/aromatic N) is 1. The zero-order valence-corrected chi connectivity index (χ0v) is 12.7. The maximum absolute atomic E-state index is 5.83. The lowest BCUT2D eigenvalue weighted by Gasteiger charge is -2.12. The first-order valence-electron chi connectivity index (χ1n) is 7.55. The van der Waals surface area contributed by atoms with Crippen LogP contribution in [0.5, 0.6) is 11.5 Å². The van der Waals surface area contributed by atoms with E-state index in [0.29, 0.717) is 13.2 Å². The smallest absolute Gasteiger partial charge is 0.145 e. The van der Waals surface area contributed by atoms with E-state index in [9.17, 15) is 0 Å². The van der Waals surface area contributed by atoms with E-state index in [1.165, 1.54) is 5.56 Å². The van der Waals surface area contributed by atoms with Gasteiger partial charge in [-0.1, -0.05) is 43.3 Å². The van der Waals surface area contributed by atoms with Crippen molar-refractivity contribution < 1.29 is 9.47 Å². The first-order valence-corrected chi connectivity index (χ1v) is 7.55. The normalized spacial score (nSPS) is 10.6. The number of fused-ring (bicyclic) bond motifs is 1. The number of aryl methyl sites for hydroxylation is 1. The summed E-state index contributed by atoms with van der Waals surface area (Å²) in [5, 5.41) is 1.08. The molecular formula is C19H19NO2. The molecule has 112 valence electrons. The predicted octanol–water partition coefficient (Wildman–Crippen LogP) is 4.26. The zero-order valence-electron chi connectivity index (χ0n) is 12.7. The van der Waals surface area contributed by atoms with Crippen molar-refractivity contribution in [3.05, 3.63) is 66.4 Å². The Balaban J connectivity index is 1.61. The molecule has 0 atom stereocenters. The lowest BCUT2D eigenvalue weighted by atomic mass is 10.1. The molecular weight excluding hydrogens is 274 g/mol. The van der Waals surface area contributed by atoms with Gasteiger partial charge in [-0.2, -0.15) is 0 Å². The molecule has 0 aliphatic carbocycles. The Kier molecular flexibility index (Phi) is 4.54. The van der Waals surface area contributed by atoms with Gasteiger partial charge < -0.3 is 9.47 Å². The van der Waals surface area contributed by atoms with Crippen LogP contribution >= 0.6 is 0 Å². The molecule has 2 aromatic carbocycles. The highest BCUT2D eigenvalue weighted by atomic mass is 16.5. The van der Waals surface area contributed by atoms with Gasteiger partial charge in [-0.15, -0.1) is 0 Å². The summed E-state index contributed by atoms with van der Waals surface area (Å²) in [7, 11) is 0. The number of aromatic nitrogens is 1. The molecule has 0 N–H and O–H groups in total. The molecule has 22 heavy (non-hydrogen) atoms. The lowest BCUT2D eigenvalue weighted by Crippen LogP contribution is -2.10. The minimum atomic E-state index is 0.494. The van der Waals surface area contributed by atoms with E-state index in [4.69, 9.17) is 9.47 Å². The summed E-state index contributed by atoms with van der Waals surface area (Å²) in [6.07, 6.45) is 2.74. The molecule has 3 heteroatoms. The number of pyridine rings is 1. The van der Waals surface area contributed by atoms with Crippen molar-refractivity contribution in [1.82, 2.24) is 4.98 Å². The second kappa shape index (κ2) is 6.94. The van der Waals surface area contributed by atoms with Crippen LogP contribution in [0.15, 0.2) is 60.8 Å². The first-order chi connectivity index (χ1) is 10.9. The quantitative estimate of drug-likeness (QED) is 0.636. The van der Waals surface area contributed by atoms with Crippen LogP contribution in [0.2, 0.25) is 0 Å². The molecule has 0 fully saturated rings. The number of ether oxygens (including phenoxy) is 2. The monoisotopic (exact) mass is 293 g/mol. The second-order valence-corrected chi connectivity index (χ2v) is 4.99. The SMILES string of the molecule is CCc1ccccc1OCCOc1cccc2cccnc12. The number of hydrogen-bond donors (Lipinski definition) is 0. The van der Waals surface area contributed by atoms with E-state index in [1.54, 1.807) is 6.20 Å². The van der Waals surface area contributed by atoms with Gasteiger partial charge in [0.05, 0.1) is 0 Å². The van der Waals surface area contributed by atoms with Gasteiger partial charge in [0, 0.05) is 11.6 Å². The third-order valence-corrected chi connectivity index (χ3v) is 3.55. The molecule has 0 saturated carbocycles. The second-order valence-electron chi connectivity index (χ2n) is 4.99. The van der Waals surface area contributed by atoms with E-state index >= 15 is 0 Å². The van der Waals surface area contributed by atoms with Crippen molar-refractivity contribution in [2.75, 3.05) is 13.2 Å². The molecule has 0 aliphatic heterocycles. The molecule has 1 aromatic heterocycles. The highest BCUT2D eigenvalue weighted by Crippen LogP contribution is 2.23. The van der Waals surface area contributed by atoms with E-state index < -0.39 is 0 Å². The molecule has 3 aromatic rings. The molecule has 1 heterocycles. The first kappa shape index (κ1) is 14.4. The van der Waals surface area contributed by atoms with E-state index in [2.05, 4.69) is 18.0 Å². The van der Waals surface area contributed by atoms with Crippen molar-refractivity contribution in [2.24, 2.45) is 0 Å². The Morgan fingerprint density at radius 2 is 1.55 bits per heavy atom. The summed E-state index contributed by atoms with van der Waals surface area (Å²) >= 11 is 0. The number of rotatable bonds is 6. The van der Waals surface area contributed by atoms with E-state index in [1.807, 2.05) is 48.5 Å². The number of benzene rings is 2. The largest absolute Gasteiger partial charge is 0.490 e. The van der Waals surface area contributed by atoms with Crippen LogP contribution in [0, 0.1) is 0 Å². The molecule has 0 aliphatic rings. The van der Waals surface area contributed by atoms with Crippen LogP contribution in [-0.4, -0.2) is 18.2 Å².